The van der Waals surface area contributed by atoms with Crippen LogP contribution in [0.2, 0.25) is 0 Å². The highest BCUT2D eigenvalue weighted by atomic mass is 16.3. The van der Waals surface area contributed by atoms with Gasteiger partial charge >= 0.3 is 0 Å². The van der Waals surface area contributed by atoms with Crippen LogP contribution < -0.4 is 0 Å². The number of aryl methyl sites for hydroxylation is 1. The predicted molar refractivity (Wildman–Crippen MR) is 61.1 cm³/mol. The van der Waals surface area contributed by atoms with Crippen molar-refractivity contribution in [2.75, 3.05) is 0 Å². The lowest BCUT2D eigenvalue weighted by atomic mass is 10.00. The van der Waals surface area contributed by atoms with Gasteiger partial charge in [-0.2, -0.15) is 0 Å². The zero-order valence-electron chi connectivity index (χ0n) is 8.96. The first-order valence-electron chi connectivity index (χ1n) is 5.17. The van der Waals surface area contributed by atoms with Crippen LogP contribution in [0.15, 0.2) is 24.3 Å². The largest absolute Gasteiger partial charge is 0.392 e. The quantitative estimate of drug-likeness (QED) is 0.773. The Kier molecular flexibility index (Phi) is 4.41. The molecule has 0 saturated carbocycles. The lowest BCUT2D eigenvalue weighted by Gasteiger charge is -2.06. The topological polar surface area (TPSA) is 20.2 Å². The highest BCUT2D eigenvalue weighted by Crippen LogP contribution is 2.15. The summed E-state index contributed by atoms with van der Waals surface area (Å²) in [6, 6.07) is 6.16. The number of benzene rings is 1. The van der Waals surface area contributed by atoms with Crippen molar-refractivity contribution in [3.8, 4) is 0 Å². The second-order valence-corrected chi connectivity index (χ2v) is 3.44. The summed E-state index contributed by atoms with van der Waals surface area (Å²) in [7, 11) is 0. The summed E-state index contributed by atoms with van der Waals surface area (Å²) in [6.45, 7) is 4.33. The van der Waals surface area contributed by atoms with E-state index < -0.39 is 0 Å². The fourth-order valence-corrected chi connectivity index (χ4v) is 1.59. The van der Waals surface area contributed by atoms with Crippen LogP contribution in [-0.2, 0) is 13.0 Å². The highest BCUT2D eigenvalue weighted by Gasteiger charge is 2.00. The normalized spacial score (nSPS) is 11.1. The Hall–Kier alpha value is -1.08. The molecule has 1 rings (SSSR count). The number of aliphatic hydroxyl groups is 1. The molecule has 0 heterocycles. The van der Waals surface area contributed by atoms with Crippen molar-refractivity contribution >= 4 is 6.08 Å². The Morgan fingerprint density at radius 2 is 2.14 bits per heavy atom. The van der Waals surface area contributed by atoms with Crippen molar-refractivity contribution in [2.45, 2.75) is 33.3 Å². The fourth-order valence-electron chi connectivity index (χ4n) is 1.59. The van der Waals surface area contributed by atoms with Gasteiger partial charge in [0.2, 0.25) is 0 Å². The molecular weight excluding hydrogens is 172 g/mol. The van der Waals surface area contributed by atoms with Crippen LogP contribution in [0.1, 0.15) is 37.0 Å². The second-order valence-electron chi connectivity index (χ2n) is 3.44. The molecule has 0 unspecified atom stereocenters. The van der Waals surface area contributed by atoms with E-state index in [1.807, 2.05) is 19.1 Å². The van der Waals surface area contributed by atoms with Crippen molar-refractivity contribution in [1.29, 1.82) is 0 Å². The van der Waals surface area contributed by atoms with E-state index in [0.29, 0.717) is 0 Å². The molecule has 0 aliphatic carbocycles. The molecule has 14 heavy (non-hydrogen) atoms. The maximum Gasteiger partial charge on any atom is 0.0681 e. The number of hydrogen-bond acceptors (Lipinski definition) is 1. The third-order valence-corrected chi connectivity index (χ3v) is 2.26. The summed E-state index contributed by atoms with van der Waals surface area (Å²) in [6.07, 6.45) is 6.38. The molecule has 0 radical (unpaired) electrons. The molecule has 1 N–H and O–H groups in total. The van der Waals surface area contributed by atoms with E-state index in [-0.39, 0.29) is 6.61 Å². The molecule has 1 nitrogen and oxygen atoms in total. The molecule has 1 heteroatoms. The van der Waals surface area contributed by atoms with Crippen LogP contribution in [0.25, 0.3) is 6.08 Å². The summed E-state index contributed by atoms with van der Waals surface area (Å²) in [5.41, 5.74) is 3.60. The summed E-state index contributed by atoms with van der Waals surface area (Å²) >= 11 is 0. The summed E-state index contributed by atoms with van der Waals surface area (Å²) < 4.78 is 0. The minimum atomic E-state index is 0.132. The van der Waals surface area contributed by atoms with Gasteiger partial charge in [-0.15, -0.1) is 0 Å². The first-order chi connectivity index (χ1) is 6.81. The van der Waals surface area contributed by atoms with Gasteiger partial charge in [0.25, 0.3) is 0 Å². The maximum atomic E-state index is 9.03. The molecule has 1 aromatic carbocycles. The van der Waals surface area contributed by atoms with E-state index in [2.05, 4.69) is 25.1 Å². The highest BCUT2D eigenvalue weighted by molar-refractivity contribution is 5.54. The molecule has 0 atom stereocenters. The maximum absolute atomic E-state index is 9.03. The number of rotatable bonds is 4. The monoisotopic (exact) mass is 190 g/mol. The van der Waals surface area contributed by atoms with E-state index in [9.17, 15) is 0 Å². The molecule has 0 aliphatic rings. The van der Waals surface area contributed by atoms with Crippen molar-refractivity contribution < 1.29 is 5.11 Å². The van der Waals surface area contributed by atoms with Gasteiger partial charge in [0, 0.05) is 0 Å². The van der Waals surface area contributed by atoms with E-state index in [0.717, 1.165) is 18.4 Å². The van der Waals surface area contributed by atoms with Crippen LogP contribution in [0, 0.1) is 0 Å². The molecule has 0 aromatic heterocycles. The van der Waals surface area contributed by atoms with Gasteiger partial charge in [-0.05, 0) is 30.0 Å². The van der Waals surface area contributed by atoms with Gasteiger partial charge in [0.05, 0.1) is 6.61 Å². The van der Waals surface area contributed by atoms with Crippen LogP contribution in [0.3, 0.4) is 0 Å². The van der Waals surface area contributed by atoms with Gasteiger partial charge in [-0.3, -0.25) is 0 Å². The van der Waals surface area contributed by atoms with Gasteiger partial charge in [0.1, 0.15) is 0 Å². The number of hydrogen-bond donors (Lipinski definition) is 1. The van der Waals surface area contributed by atoms with Crippen molar-refractivity contribution in [1.82, 2.24) is 0 Å². The van der Waals surface area contributed by atoms with Crippen molar-refractivity contribution in [2.24, 2.45) is 0 Å². The number of allylic oxidation sites excluding steroid dienone is 1. The smallest absolute Gasteiger partial charge is 0.0681 e. The molecule has 0 fully saturated rings. The zero-order chi connectivity index (χ0) is 10.4. The minimum absolute atomic E-state index is 0.132. The SMILES string of the molecule is C/C=C\c1ccc(CO)cc1CCC. The molecular formula is C13H18O. The Labute approximate surface area is 86.1 Å². The summed E-state index contributed by atoms with van der Waals surface area (Å²) in [4.78, 5) is 0. The molecule has 1 aromatic rings. The second kappa shape index (κ2) is 5.61. The van der Waals surface area contributed by atoms with E-state index >= 15 is 0 Å². The summed E-state index contributed by atoms with van der Waals surface area (Å²) in [5, 5.41) is 9.03. The Morgan fingerprint density at radius 3 is 2.71 bits per heavy atom. The average molecular weight is 190 g/mol. The zero-order valence-corrected chi connectivity index (χ0v) is 8.96. The summed E-state index contributed by atoms with van der Waals surface area (Å²) in [5.74, 6) is 0. The van der Waals surface area contributed by atoms with Crippen LogP contribution in [0.5, 0.6) is 0 Å². The molecule has 76 valence electrons. The minimum Gasteiger partial charge on any atom is -0.392 e. The molecule has 0 spiro atoms. The van der Waals surface area contributed by atoms with E-state index in [1.54, 1.807) is 0 Å². The molecule has 0 saturated heterocycles. The van der Waals surface area contributed by atoms with Crippen LogP contribution in [0.4, 0.5) is 0 Å². The molecule has 0 aliphatic heterocycles. The van der Waals surface area contributed by atoms with Crippen molar-refractivity contribution in [3.63, 3.8) is 0 Å². The Bertz CT molecular complexity index is 313. The lowest BCUT2D eigenvalue weighted by molar-refractivity contribution is 0.281. The number of aliphatic hydroxyl groups excluding tert-OH is 1. The average Bonchev–Trinajstić information content (AvgIpc) is 2.21. The van der Waals surface area contributed by atoms with E-state index in [1.165, 1.54) is 11.1 Å². The fraction of sp³-hybridized carbons (Fsp3) is 0.385. The first-order valence-corrected chi connectivity index (χ1v) is 5.17. The standard InChI is InChI=1S/C13H18O/c1-3-5-12-8-7-11(10-14)9-13(12)6-4-2/h3,5,7-9,14H,4,6,10H2,1-2H3/b5-3-. The van der Waals surface area contributed by atoms with Gasteiger partial charge in [-0.1, -0.05) is 43.7 Å². The first kappa shape index (κ1) is 11.0. The van der Waals surface area contributed by atoms with Gasteiger partial charge in [0.15, 0.2) is 0 Å². The third-order valence-electron chi connectivity index (χ3n) is 2.26. The molecule has 0 amide bonds. The third kappa shape index (κ3) is 2.71. The van der Waals surface area contributed by atoms with Crippen LogP contribution >= 0.6 is 0 Å². The predicted octanol–water partition coefficient (Wildman–Crippen LogP) is 3.16. The van der Waals surface area contributed by atoms with Crippen molar-refractivity contribution in [3.05, 3.63) is 41.0 Å². The van der Waals surface area contributed by atoms with Gasteiger partial charge < -0.3 is 5.11 Å². The Balaban J connectivity index is 3.03. The molecule has 0 bridgehead atoms. The lowest BCUT2D eigenvalue weighted by Crippen LogP contribution is -1.92. The van der Waals surface area contributed by atoms with Gasteiger partial charge in [-0.25, -0.2) is 0 Å². The van der Waals surface area contributed by atoms with Crippen LogP contribution in [-0.4, -0.2) is 5.11 Å². The Morgan fingerprint density at radius 1 is 1.36 bits per heavy atom. The van der Waals surface area contributed by atoms with E-state index in [4.69, 9.17) is 5.11 Å².